The van der Waals surface area contributed by atoms with Crippen LogP contribution < -0.4 is 4.74 Å². The highest BCUT2D eigenvalue weighted by Gasteiger charge is 2.85. The van der Waals surface area contributed by atoms with Crippen LogP contribution in [0.3, 0.4) is 0 Å². The predicted molar refractivity (Wildman–Crippen MR) is 182 cm³/mol. The summed E-state index contributed by atoms with van der Waals surface area (Å²) in [5.74, 6) is 0.757. The van der Waals surface area contributed by atoms with Gasteiger partial charge in [0.2, 0.25) is 0 Å². The molecule has 0 radical (unpaired) electrons. The van der Waals surface area contributed by atoms with Crippen molar-refractivity contribution in [1.82, 2.24) is 0 Å². The van der Waals surface area contributed by atoms with Gasteiger partial charge in [0.1, 0.15) is 11.9 Å². The van der Waals surface area contributed by atoms with E-state index in [-0.39, 0.29) is 56.5 Å². The third kappa shape index (κ3) is 4.84. The molecule has 2 N–H and O–H groups in total. The van der Waals surface area contributed by atoms with Crippen molar-refractivity contribution >= 4 is 17.8 Å². The number of nitrogens with zero attached hydrogens (tertiary/aromatic N) is 1. The summed E-state index contributed by atoms with van der Waals surface area (Å²) in [6.07, 6.45) is 3.95. The van der Waals surface area contributed by atoms with Gasteiger partial charge in [-0.25, -0.2) is 4.79 Å². The summed E-state index contributed by atoms with van der Waals surface area (Å²) in [6, 6.07) is 5.40. The van der Waals surface area contributed by atoms with Crippen molar-refractivity contribution in [1.29, 1.82) is 0 Å². The highest BCUT2D eigenvalue weighted by molar-refractivity contribution is 5.66. The summed E-state index contributed by atoms with van der Waals surface area (Å²) >= 11 is 0. The molecule has 7 rings (SSSR count). The number of aliphatic hydroxyl groups is 2. The second-order valence-corrected chi connectivity index (χ2v) is 18.4. The zero-order valence-corrected chi connectivity index (χ0v) is 30.8. The quantitative estimate of drug-likeness (QED) is 0.138. The lowest BCUT2D eigenvalue weighted by Gasteiger charge is -2.63. The fourth-order valence-corrected chi connectivity index (χ4v) is 13.4. The molecule has 50 heavy (non-hydrogen) atoms. The van der Waals surface area contributed by atoms with Crippen molar-refractivity contribution in [3.8, 4) is 5.75 Å². The van der Waals surface area contributed by atoms with Gasteiger partial charge in [-0.05, 0) is 117 Å². The van der Waals surface area contributed by atoms with E-state index in [2.05, 4.69) is 34.6 Å². The van der Waals surface area contributed by atoms with Crippen LogP contribution in [0.1, 0.15) is 107 Å². The molecule has 2 spiro atoms. The van der Waals surface area contributed by atoms with Crippen LogP contribution in [0.4, 0.5) is 10.5 Å². The van der Waals surface area contributed by atoms with Gasteiger partial charge in [0, 0.05) is 29.9 Å². The van der Waals surface area contributed by atoms with Gasteiger partial charge in [0.15, 0.2) is 6.10 Å². The zero-order valence-electron chi connectivity index (χ0n) is 30.8. The summed E-state index contributed by atoms with van der Waals surface area (Å²) in [7, 11) is 0. The molecule has 1 heterocycles. The first kappa shape index (κ1) is 35.6. The standard InChI is InChI=1S/C39H55NO10/c1-21-19-25(32(35(5,6)44)47-22(2)41)49-30-29(21)36(7)17-18-39-20-38(39)16-15-28(50-33(43)48-24-11-9-23(10-12-24)40(45)46)34(3,4)26(38)13-14-27(39)37(36,8)31(30)42/h9-12,21,25-32,42,44H,13-20H2,1-8H3/t21?,25-,26+,27+,28+,29?,30+,31+,32+,36-,37-,38?,39+/m1/s1. The first-order valence-corrected chi connectivity index (χ1v) is 18.6. The van der Waals surface area contributed by atoms with Crippen molar-refractivity contribution in [3.63, 3.8) is 0 Å². The summed E-state index contributed by atoms with van der Waals surface area (Å²) < 4.78 is 23.9. The number of carbonyl (C=O) groups is 2. The number of nitro benzene ring substituents is 1. The van der Waals surface area contributed by atoms with E-state index >= 15 is 0 Å². The number of non-ortho nitro benzene ring substituents is 1. The smallest absolute Gasteiger partial charge is 0.457 e. The maximum atomic E-state index is 13.0. The van der Waals surface area contributed by atoms with E-state index in [4.69, 9.17) is 18.9 Å². The van der Waals surface area contributed by atoms with Crippen molar-refractivity contribution in [3.05, 3.63) is 34.4 Å². The van der Waals surface area contributed by atoms with E-state index in [0.717, 1.165) is 44.9 Å². The number of carbonyl (C=O) groups excluding carboxylic acids is 2. The third-order valence-electron chi connectivity index (χ3n) is 15.6. The van der Waals surface area contributed by atoms with Gasteiger partial charge in [-0.3, -0.25) is 14.9 Å². The fraction of sp³-hybridized carbons (Fsp3) is 0.795. The minimum Gasteiger partial charge on any atom is -0.457 e. The molecule has 0 amide bonds. The van der Waals surface area contributed by atoms with Crippen LogP contribution in [-0.2, 0) is 19.0 Å². The normalized spacial score (nSPS) is 44.6. The number of rotatable bonds is 6. The lowest BCUT2D eigenvalue weighted by Crippen LogP contribution is -2.60. The van der Waals surface area contributed by atoms with E-state index in [0.29, 0.717) is 18.3 Å². The molecule has 0 aromatic heterocycles. The molecule has 276 valence electrons. The molecule has 1 aromatic rings. The minimum absolute atomic E-state index is 0.0796. The second-order valence-electron chi connectivity index (χ2n) is 18.4. The van der Waals surface area contributed by atoms with Crippen molar-refractivity contribution in [2.24, 2.45) is 50.7 Å². The van der Waals surface area contributed by atoms with E-state index < -0.39 is 47.1 Å². The topological polar surface area (TPSA) is 155 Å². The molecule has 1 aromatic carbocycles. The summed E-state index contributed by atoms with van der Waals surface area (Å²) in [4.78, 5) is 35.5. The molecule has 11 heteroatoms. The van der Waals surface area contributed by atoms with E-state index in [1.54, 1.807) is 13.8 Å². The summed E-state index contributed by atoms with van der Waals surface area (Å²) in [5, 5.41) is 34.5. The van der Waals surface area contributed by atoms with E-state index in [9.17, 15) is 29.9 Å². The van der Waals surface area contributed by atoms with Crippen LogP contribution in [0.2, 0.25) is 0 Å². The number of ether oxygens (including phenoxy) is 4. The maximum Gasteiger partial charge on any atom is 0.514 e. The Morgan fingerprint density at radius 1 is 1.02 bits per heavy atom. The molecule has 11 nitrogen and oxygen atoms in total. The predicted octanol–water partition coefficient (Wildman–Crippen LogP) is 6.99. The highest BCUT2D eigenvalue weighted by Crippen LogP contribution is 2.89. The van der Waals surface area contributed by atoms with Crippen molar-refractivity contribution in [2.75, 3.05) is 0 Å². The van der Waals surface area contributed by atoms with Crippen LogP contribution in [0.5, 0.6) is 5.75 Å². The Bertz CT molecular complexity index is 1550. The van der Waals surface area contributed by atoms with Crippen LogP contribution in [-0.4, -0.2) is 63.4 Å². The Hall–Kier alpha value is -2.76. The van der Waals surface area contributed by atoms with E-state index in [1.807, 2.05) is 0 Å². The molecule has 1 aliphatic heterocycles. The molecular formula is C39H55NO10. The third-order valence-corrected chi connectivity index (χ3v) is 15.6. The summed E-state index contributed by atoms with van der Waals surface area (Å²) in [6.45, 7) is 16.0. The average Bonchev–Trinajstić information content (AvgIpc) is 3.65. The van der Waals surface area contributed by atoms with Gasteiger partial charge in [-0.1, -0.05) is 34.6 Å². The molecule has 6 aliphatic rings. The Morgan fingerprint density at radius 3 is 2.28 bits per heavy atom. The molecular weight excluding hydrogens is 642 g/mol. The van der Waals surface area contributed by atoms with E-state index in [1.165, 1.54) is 31.2 Å². The Labute approximate surface area is 294 Å². The SMILES string of the molecule is CC(=O)O[C@@H]([C@H]1CC(C)C2[C@H](O1)[C@H](O)[C@@]1(C)[C@@H]3CC[C@H]4C(C)(C)[C@@H](OC(=O)Oc5ccc([N+](=O)[O-])cc5)CCC45C[C@@]35CC[C@]21C)C(C)(C)O. The Kier molecular flexibility index (Phi) is 8.10. The Balaban J connectivity index is 1.10. The average molecular weight is 698 g/mol. The number of benzene rings is 1. The number of fused-ring (bicyclic) bond motifs is 4. The first-order valence-electron chi connectivity index (χ1n) is 18.6. The van der Waals surface area contributed by atoms with Crippen LogP contribution in [0.25, 0.3) is 0 Å². The molecule has 0 bridgehead atoms. The highest BCUT2D eigenvalue weighted by atomic mass is 16.7. The molecule has 5 aliphatic carbocycles. The minimum atomic E-state index is -1.30. The monoisotopic (exact) mass is 697 g/mol. The van der Waals surface area contributed by atoms with Gasteiger partial charge in [-0.15, -0.1) is 0 Å². The van der Waals surface area contributed by atoms with Gasteiger partial charge < -0.3 is 29.2 Å². The molecule has 3 unspecified atom stereocenters. The van der Waals surface area contributed by atoms with Gasteiger partial charge >= 0.3 is 12.1 Å². The van der Waals surface area contributed by atoms with Gasteiger partial charge in [0.05, 0.1) is 28.8 Å². The number of hydrogen-bond donors (Lipinski definition) is 2. The van der Waals surface area contributed by atoms with Gasteiger partial charge in [0.25, 0.3) is 5.69 Å². The van der Waals surface area contributed by atoms with Gasteiger partial charge in [-0.2, -0.15) is 0 Å². The number of aliphatic hydroxyl groups excluding tert-OH is 1. The van der Waals surface area contributed by atoms with Crippen molar-refractivity contribution < 1.29 is 43.7 Å². The first-order chi connectivity index (χ1) is 23.2. The van der Waals surface area contributed by atoms with Crippen LogP contribution in [0, 0.1) is 60.9 Å². The van der Waals surface area contributed by atoms with Crippen LogP contribution in [0.15, 0.2) is 24.3 Å². The number of nitro groups is 1. The maximum absolute atomic E-state index is 13.0. The zero-order chi connectivity index (χ0) is 36.4. The Morgan fingerprint density at radius 2 is 1.66 bits per heavy atom. The fourth-order valence-electron chi connectivity index (χ4n) is 13.4. The molecule has 5 saturated carbocycles. The molecule has 13 atom stereocenters. The summed E-state index contributed by atoms with van der Waals surface area (Å²) in [5.41, 5.74) is -1.96. The lowest BCUT2D eigenvalue weighted by atomic mass is 9.41. The second kappa shape index (κ2) is 11.4. The molecule has 1 saturated heterocycles. The number of hydrogen-bond acceptors (Lipinski definition) is 10. The molecule has 6 fully saturated rings. The lowest BCUT2D eigenvalue weighted by molar-refractivity contribution is -0.384. The van der Waals surface area contributed by atoms with Crippen molar-refractivity contribution in [2.45, 2.75) is 143 Å². The number of esters is 1. The largest absolute Gasteiger partial charge is 0.514 e. The van der Waals surface area contributed by atoms with Crippen LogP contribution >= 0.6 is 0 Å².